The summed E-state index contributed by atoms with van der Waals surface area (Å²) in [5, 5.41) is 14.8. The van der Waals surface area contributed by atoms with Gasteiger partial charge in [0.25, 0.3) is 11.8 Å². The summed E-state index contributed by atoms with van der Waals surface area (Å²) < 4.78 is 14.7. The third-order valence-electron chi connectivity index (χ3n) is 11.6. The summed E-state index contributed by atoms with van der Waals surface area (Å²) in [6.07, 6.45) is 3.77. The Morgan fingerprint density at radius 3 is 2.03 bits per heavy atom. The molecule has 1 unspecified atom stereocenters. The smallest absolute Gasteiger partial charge is 0.255 e. The van der Waals surface area contributed by atoms with Gasteiger partial charge < -0.3 is 31.1 Å². The first-order valence-corrected chi connectivity index (χ1v) is 21.3. The molecule has 62 heavy (non-hydrogen) atoms. The minimum Gasteiger partial charge on any atom is -0.369 e. The molecule has 4 heterocycles. The number of piperazine rings is 1. The molecule has 0 spiro atoms. The van der Waals surface area contributed by atoms with Gasteiger partial charge in [-0.15, -0.1) is 0 Å². The van der Waals surface area contributed by atoms with Gasteiger partial charge >= 0.3 is 0 Å². The lowest BCUT2D eigenvalue weighted by Crippen LogP contribution is -2.50. The highest BCUT2D eigenvalue weighted by Crippen LogP contribution is 2.28. The SMILES string of the molecule is O=C1CCC(c2ccc(N3CCN(CCN4CCC(NC(=O)c5ccc(Nc6ncc(F)c(Nc7ccc(C(=O)Nc8ccccc8Cl)cc7)n6)cc5)CC4)CC3)cc2)C(=O)N1. The molecule has 16 heteroatoms. The van der Waals surface area contributed by atoms with E-state index in [2.05, 4.69) is 63.4 Å². The van der Waals surface area contributed by atoms with Crippen molar-refractivity contribution in [2.45, 2.75) is 37.6 Å². The number of halogens is 2. The number of likely N-dealkylation sites (tertiary alicyclic amines) is 1. The number of hydrogen-bond donors (Lipinski definition) is 5. The van der Waals surface area contributed by atoms with Crippen LogP contribution in [0.15, 0.2) is 103 Å². The average Bonchev–Trinajstić information content (AvgIpc) is 3.29. The zero-order valence-electron chi connectivity index (χ0n) is 34.1. The highest BCUT2D eigenvalue weighted by atomic mass is 35.5. The maximum absolute atomic E-state index is 14.7. The van der Waals surface area contributed by atoms with E-state index in [0.717, 1.165) is 82.6 Å². The molecule has 8 rings (SSSR count). The molecule has 3 aliphatic rings. The molecule has 0 aliphatic carbocycles. The van der Waals surface area contributed by atoms with E-state index in [9.17, 15) is 23.6 Å². The van der Waals surface area contributed by atoms with Gasteiger partial charge in [0.05, 0.1) is 22.8 Å². The van der Waals surface area contributed by atoms with Crippen molar-refractivity contribution >= 4 is 69.7 Å². The van der Waals surface area contributed by atoms with Crippen LogP contribution in [0, 0.1) is 5.82 Å². The number of hydrogen-bond acceptors (Lipinski definition) is 11. The Morgan fingerprint density at radius 1 is 0.742 bits per heavy atom. The van der Waals surface area contributed by atoms with Crippen LogP contribution in [-0.2, 0) is 9.59 Å². The van der Waals surface area contributed by atoms with Crippen LogP contribution in [0.4, 0.5) is 38.9 Å². The van der Waals surface area contributed by atoms with Crippen molar-refractivity contribution in [3.05, 3.63) is 131 Å². The molecule has 1 atom stereocenters. The van der Waals surface area contributed by atoms with Gasteiger partial charge in [-0.05, 0) is 97.6 Å². The van der Waals surface area contributed by atoms with Crippen molar-refractivity contribution in [3.63, 3.8) is 0 Å². The van der Waals surface area contributed by atoms with E-state index in [0.29, 0.717) is 46.1 Å². The number of para-hydroxylation sites is 1. The minimum atomic E-state index is -0.654. The number of amides is 4. The van der Waals surface area contributed by atoms with E-state index in [4.69, 9.17) is 11.6 Å². The van der Waals surface area contributed by atoms with Crippen LogP contribution in [0.25, 0.3) is 0 Å². The lowest BCUT2D eigenvalue weighted by atomic mass is 9.90. The summed E-state index contributed by atoms with van der Waals surface area (Å²) >= 11 is 6.15. The molecule has 14 nitrogen and oxygen atoms in total. The molecular weight excluding hydrogens is 811 g/mol. The van der Waals surface area contributed by atoms with E-state index >= 15 is 0 Å². The van der Waals surface area contributed by atoms with E-state index in [1.165, 1.54) is 0 Å². The molecule has 0 radical (unpaired) electrons. The summed E-state index contributed by atoms with van der Waals surface area (Å²) in [5.74, 6) is -1.68. The number of imide groups is 1. The number of nitrogens with zero attached hydrogens (tertiary/aromatic N) is 5. The average molecular weight is 859 g/mol. The number of carbonyl (C=O) groups excluding carboxylic acids is 4. The number of rotatable bonds is 13. The first kappa shape index (κ1) is 42.3. The largest absolute Gasteiger partial charge is 0.369 e. The van der Waals surface area contributed by atoms with Crippen LogP contribution in [-0.4, -0.2) is 102 Å². The second-order valence-corrected chi connectivity index (χ2v) is 16.1. The first-order chi connectivity index (χ1) is 30.1. The zero-order chi connectivity index (χ0) is 43.0. The Bertz CT molecular complexity index is 2390. The number of carbonyl (C=O) groups is 4. The highest BCUT2D eigenvalue weighted by Gasteiger charge is 2.28. The number of piperidine rings is 2. The monoisotopic (exact) mass is 858 g/mol. The molecule has 4 amide bonds. The normalized spacial score (nSPS) is 17.6. The summed E-state index contributed by atoms with van der Waals surface area (Å²) in [5.41, 5.74) is 4.69. The molecule has 3 fully saturated rings. The molecular formula is C46H48ClFN10O4. The zero-order valence-corrected chi connectivity index (χ0v) is 34.8. The topological polar surface area (TPSA) is 164 Å². The Balaban J connectivity index is 0.739. The van der Waals surface area contributed by atoms with Gasteiger partial charge in [-0.25, -0.2) is 9.37 Å². The van der Waals surface area contributed by atoms with Crippen molar-refractivity contribution in [1.82, 2.24) is 30.4 Å². The van der Waals surface area contributed by atoms with Crippen LogP contribution < -0.4 is 31.5 Å². The summed E-state index contributed by atoms with van der Waals surface area (Å²) in [6.45, 7) is 7.69. The van der Waals surface area contributed by atoms with Crippen LogP contribution in [0.1, 0.15) is 57.9 Å². The van der Waals surface area contributed by atoms with Gasteiger partial charge in [0.15, 0.2) is 11.6 Å². The maximum Gasteiger partial charge on any atom is 0.255 e. The van der Waals surface area contributed by atoms with Crippen molar-refractivity contribution in [3.8, 4) is 0 Å². The van der Waals surface area contributed by atoms with Crippen LogP contribution in [0.5, 0.6) is 0 Å². The lowest BCUT2D eigenvalue weighted by Gasteiger charge is -2.38. The molecule has 0 bridgehead atoms. The Kier molecular flexibility index (Phi) is 13.3. The van der Waals surface area contributed by atoms with Crippen molar-refractivity contribution in [1.29, 1.82) is 0 Å². The summed E-state index contributed by atoms with van der Waals surface area (Å²) in [4.78, 5) is 65.4. The minimum absolute atomic E-state index is 0.0507. The van der Waals surface area contributed by atoms with Crippen LogP contribution in [0.3, 0.4) is 0 Å². The predicted octanol–water partition coefficient (Wildman–Crippen LogP) is 6.55. The van der Waals surface area contributed by atoms with Crippen LogP contribution in [0.2, 0.25) is 5.02 Å². The van der Waals surface area contributed by atoms with Crippen LogP contribution >= 0.6 is 11.6 Å². The van der Waals surface area contributed by atoms with Gasteiger partial charge in [0.1, 0.15) is 0 Å². The van der Waals surface area contributed by atoms with Gasteiger partial charge in [0, 0.05) is 93.0 Å². The first-order valence-electron chi connectivity index (χ1n) is 20.9. The molecule has 5 N–H and O–H groups in total. The van der Waals surface area contributed by atoms with Gasteiger partial charge in [-0.1, -0.05) is 35.9 Å². The number of benzene rings is 4. The number of nitrogens with one attached hydrogen (secondary N) is 5. The molecule has 3 saturated heterocycles. The standard InChI is InChI=1S/C46H48ClFN10O4/c47-38-3-1-2-4-40(38)53-44(61)32-5-11-33(12-6-32)50-42-39(48)29-49-46(55-42)52-34-13-7-31(8-14-34)43(60)51-35-19-21-56(22-20-35)23-24-57-25-27-58(28-26-57)36-15-9-30(10-16-36)37-17-18-41(59)54-45(37)62/h1-16,29,35,37H,17-28H2,(H,51,60)(H,53,61)(H,54,59,62)(H2,49,50,52,55). The third kappa shape index (κ3) is 10.7. The predicted molar refractivity (Wildman–Crippen MR) is 238 cm³/mol. The fourth-order valence-electron chi connectivity index (χ4n) is 7.96. The quantitative estimate of drug-likeness (QED) is 0.0817. The fraction of sp³-hybridized carbons (Fsp3) is 0.304. The second-order valence-electron chi connectivity index (χ2n) is 15.7. The van der Waals surface area contributed by atoms with Crippen molar-refractivity contribution < 1.29 is 23.6 Å². The van der Waals surface area contributed by atoms with Gasteiger partial charge in [-0.3, -0.25) is 29.4 Å². The van der Waals surface area contributed by atoms with Gasteiger partial charge in [-0.2, -0.15) is 4.98 Å². The molecule has 4 aromatic carbocycles. The molecule has 5 aromatic rings. The Labute approximate surface area is 364 Å². The summed E-state index contributed by atoms with van der Waals surface area (Å²) in [6, 6.07) is 28.7. The molecule has 0 saturated carbocycles. The Morgan fingerprint density at radius 2 is 1.37 bits per heavy atom. The van der Waals surface area contributed by atoms with E-state index < -0.39 is 5.82 Å². The third-order valence-corrected chi connectivity index (χ3v) is 11.9. The molecule has 1 aromatic heterocycles. The van der Waals surface area contributed by atoms with E-state index in [-0.39, 0.29) is 47.4 Å². The van der Waals surface area contributed by atoms with Gasteiger partial charge in [0.2, 0.25) is 17.8 Å². The second kappa shape index (κ2) is 19.5. The number of anilines is 6. The van der Waals surface area contributed by atoms with E-state index in [1.54, 1.807) is 72.8 Å². The lowest BCUT2D eigenvalue weighted by molar-refractivity contribution is -0.134. The molecule has 320 valence electrons. The maximum atomic E-state index is 14.7. The highest BCUT2D eigenvalue weighted by molar-refractivity contribution is 6.33. The van der Waals surface area contributed by atoms with Crippen molar-refractivity contribution in [2.75, 3.05) is 73.2 Å². The van der Waals surface area contributed by atoms with E-state index in [1.807, 2.05) is 12.1 Å². The molecule has 3 aliphatic heterocycles. The summed E-state index contributed by atoms with van der Waals surface area (Å²) in [7, 11) is 0. The Hall–Kier alpha value is -6.42. The van der Waals surface area contributed by atoms with Crippen molar-refractivity contribution in [2.24, 2.45) is 0 Å². The fourth-order valence-corrected chi connectivity index (χ4v) is 8.14. The number of aromatic nitrogens is 2.